The van der Waals surface area contributed by atoms with Gasteiger partial charge in [0.2, 0.25) is 5.91 Å². The second kappa shape index (κ2) is 5.81. The molecule has 1 heterocycles. The molecular weight excluding hydrogens is 355 g/mol. The lowest BCUT2D eigenvalue weighted by molar-refractivity contribution is -0.116. The number of hydrogen-bond donors (Lipinski definition) is 1. The number of halogens is 1. The molecule has 0 fully saturated rings. The average molecular weight is 370 g/mol. The van der Waals surface area contributed by atoms with E-state index in [0.29, 0.717) is 11.1 Å². The van der Waals surface area contributed by atoms with Crippen LogP contribution in [0.5, 0.6) is 0 Å². The number of nitrogens with one attached hydrogen (secondary N) is 1. The third-order valence-corrected chi connectivity index (χ3v) is 6.41. The van der Waals surface area contributed by atoms with Crippen molar-refractivity contribution in [2.24, 2.45) is 0 Å². The largest absolute Gasteiger partial charge is 0.322 e. The maximum Gasteiger partial charge on any atom is 0.265 e. The quantitative estimate of drug-likeness (QED) is 0.767. The normalized spacial score (nSPS) is 15.8. The number of carbonyl (C=O) groups excluding carboxylic acids is 1. The molecule has 1 unspecified atom stereocenters. The maximum atomic E-state index is 13.8. The highest BCUT2D eigenvalue weighted by molar-refractivity contribution is 7.93. The van der Waals surface area contributed by atoms with Crippen molar-refractivity contribution in [2.75, 3.05) is 9.62 Å². The number of para-hydroxylation sites is 1. The highest BCUT2D eigenvalue weighted by Gasteiger charge is 2.40. The Kier molecular flexibility index (Phi) is 3.69. The molecule has 0 radical (unpaired) electrons. The summed E-state index contributed by atoms with van der Waals surface area (Å²) in [6.45, 7) is 1.48. The van der Waals surface area contributed by atoms with E-state index in [1.807, 2.05) is 12.1 Å². The van der Waals surface area contributed by atoms with Crippen molar-refractivity contribution in [2.45, 2.75) is 17.9 Å². The van der Waals surface area contributed by atoms with E-state index >= 15 is 0 Å². The molecule has 0 bridgehead atoms. The number of sulfonamides is 1. The van der Waals surface area contributed by atoms with E-state index in [1.165, 1.54) is 31.2 Å². The molecule has 3 aromatic carbocycles. The number of anilines is 2. The standard InChI is InChI=1S/C19H15FN2O3S/c1-12(19(23)21-15-9-3-2-8-14(15)20)22-16-10-4-6-13-7-5-11-17(18(13)16)26(22,24)25/h2-12H,1H3,(H,21,23). The number of amides is 1. The second-order valence-electron chi connectivity index (χ2n) is 6.08. The Morgan fingerprint density at radius 1 is 1.04 bits per heavy atom. The molecular formula is C19H15FN2O3S. The molecule has 1 aliphatic heterocycles. The van der Waals surface area contributed by atoms with Gasteiger partial charge in [-0.2, -0.15) is 0 Å². The number of benzene rings is 3. The summed E-state index contributed by atoms with van der Waals surface area (Å²) >= 11 is 0. The Morgan fingerprint density at radius 2 is 1.73 bits per heavy atom. The fraction of sp³-hybridized carbons (Fsp3) is 0.105. The number of hydrogen-bond acceptors (Lipinski definition) is 3. The summed E-state index contributed by atoms with van der Waals surface area (Å²) in [5.41, 5.74) is 0.464. The molecule has 1 aliphatic rings. The minimum atomic E-state index is -3.87. The number of carbonyl (C=O) groups is 1. The number of nitrogens with zero attached hydrogens (tertiary/aromatic N) is 1. The van der Waals surface area contributed by atoms with Crippen molar-refractivity contribution in [3.05, 3.63) is 66.5 Å². The average Bonchev–Trinajstić information content (AvgIpc) is 2.85. The van der Waals surface area contributed by atoms with Gasteiger partial charge < -0.3 is 5.32 Å². The van der Waals surface area contributed by atoms with E-state index in [9.17, 15) is 17.6 Å². The molecule has 0 saturated carbocycles. The van der Waals surface area contributed by atoms with Crippen molar-refractivity contribution in [1.82, 2.24) is 0 Å². The Morgan fingerprint density at radius 3 is 2.46 bits per heavy atom. The van der Waals surface area contributed by atoms with E-state index < -0.39 is 27.8 Å². The highest BCUT2D eigenvalue weighted by Crippen LogP contribution is 2.43. The zero-order valence-corrected chi connectivity index (χ0v) is 14.6. The van der Waals surface area contributed by atoms with Crippen LogP contribution in [-0.2, 0) is 14.8 Å². The fourth-order valence-electron chi connectivity index (χ4n) is 3.24. The van der Waals surface area contributed by atoms with E-state index in [0.717, 1.165) is 9.69 Å². The van der Waals surface area contributed by atoms with Crippen LogP contribution in [0.15, 0.2) is 65.6 Å². The van der Waals surface area contributed by atoms with Crippen LogP contribution in [0.1, 0.15) is 6.92 Å². The van der Waals surface area contributed by atoms with E-state index in [-0.39, 0.29) is 10.6 Å². The first-order valence-electron chi connectivity index (χ1n) is 8.03. The Balaban J connectivity index is 1.75. The predicted octanol–water partition coefficient (Wildman–Crippen LogP) is 3.51. The third kappa shape index (κ3) is 2.35. The van der Waals surface area contributed by atoms with Gasteiger partial charge in [0.1, 0.15) is 11.9 Å². The van der Waals surface area contributed by atoms with Crippen LogP contribution in [0.25, 0.3) is 10.8 Å². The van der Waals surface area contributed by atoms with Crippen molar-refractivity contribution >= 4 is 38.1 Å². The van der Waals surface area contributed by atoms with Crippen LogP contribution in [0.4, 0.5) is 15.8 Å². The molecule has 0 saturated heterocycles. The molecule has 26 heavy (non-hydrogen) atoms. The van der Waals surface area contributed by atoms with Crippen LogP contribution in [0.2, 0.25) is 0 Å². The Bertz CT molecular complexity index is 1140. The van der Waals surface area contributed by atoms with Gasteiger partial charge in [-0.1, -0.05) is 36.4 Å². The van der Waals surface area contributed by atoms with Gasteiger partial charge in [-0.05, 0) is 36.6 Å². The zero-order chi connectivity index (χ0) is 18.5. The first-order chi connectivity index (χ1) is 12.4. The predicted molar refractivity (Wildman–Crippen MR) is 98.1 cm³/mol. The summed E-state index contributed by atoms with van der Waals surface area (Å²) in [6, 6.07) is 15.0. The van der Waals surface area contributed by atoms with Crippen LogP contribution in [0.3, 0.4) is 0 Å². The molecule has 3 aromatic rings. The third-order valence-electron chi connectivity index (χ3n) is 4.48. The molecule has 132 valence electrons. The first kappa shape index (κ1) is 16.5. The SMILES string of the molecule is CC(C(=O)Nc1ccccc1F)N1c2cccc3cccc(c23)S1(=O)=O. The summed E-state index contributed by atoms with van der Waals surface area (Å²) in [7, 11) is -3.87. The lowest BCUT2D eigenvalue weighted by atomic mass is 10.1. The molecule has 7 heteroatoms. The van der Waals surface area contributed by atoms with E-state index in [1.54, 1.807) is 24.3 Å². The van der Waals surface area contributed by atoms with E-state index in [2.05, 4.69) is 5.32 Å². The number of rotatable bonds is 3. The van der Waals surface area contributed by atoms with Gasteiger partial charge in [-0.25, -0.2) is 12.8 Å². The first-order valence-corrected chi connectivity index (χ1v) is 9.47. The molecule has 1 atom stereocenters. The van der Waals surface area contributed by atoms with Gasteiger partial charge >= 0.3 is 0 Å². The van der Waals surface area contributed by atoms with Crippen LogP contribution in [-0.4, -0.2) is 20.4 Å². The molecule has 5 nitrogen and oxygen atoms in total. The summed E-state index contributed by atoms with van der Waals surface area (Å²) in [5, 5.41) is 3.85. The monoisotopic (exact) mass is 370 g/mol. The van der Waals surface area contributed by atoms with E-state index in [4.69, 9.17) is 0 Å². The van der Waals surface area contributed by atoms with Crippen molar-refractivity contribution in [3.8, 4) is 0 Å². The summed E-state index contributed by atoms with van der Waals surface area (Å²) < 4.78 is 40.9. The van der Waals surface area contributed by atoms with Gasteiger partial charge in [0, 0.05) is 5.39 Å². The molecule has 0 aromatic heterocycles. The molecule has 1 N–H and O–H groups in total. The van der Waals surface area contributed by atoms with Gasteiger partial charge in [-0.3, -0.25) is 9.10 Å². The lowest BCUT2D eigenvalue weighted by Gasteiger charge is -2.25. The second-order valence-corrected chi connectivity index (χ2v) is 7.86. The minimum Gasteiger partial charge on any atom is -0.322 e. The van der Waals surface area contributed by atoms with Gasteiger partial charge in [-0.15, -0.1) is 0 Å². The van der Waals surface area contributed by atoms with Crippen molar-refractivity contribution in [1.29, 1.82) is 0 Å². The molecule has 0 aliphatic carbocycles. The van der Waals surface area contributed by atoms with Gasteiger partial charge in [0.05, 0.1) is 16.3 Å². The van der Waals surface area contributed by atoms with Crippen molar-refractivity contribution in [3.63, 3.8) is 0 Å². The summed E-state index contributed by atoms with van der Waals surface area (Å²) in [6.07, 6.45) is 0. The molecule has 0 spiro atoms. The van der Waals surface area contributed by atoms with Crippen LogP contribution in [0, 0.1) is 5.82 Å². The van der Waals surface area contributed by atoms with Crippen molar-refractivity contribution < 1.29 is 17.6 Å². The van der Waals surface area contributed by atoms with Gasteiger partial charge in [0.15, 0.2) is 0 Å². The lowest BCUT2D eigenvalue weighted by Crippen LogP contribution is -2.44. The Hall–Kier alpha value is -2.93. The topological polar surface area (TPSA) is 66.5 Å². The smallest absolute Gasteiger partial charge is 0.265 e. The van der Waals surface area contributed by atoms with Crippen LogP contribution >= 0.6 is 0 Å². The summed E-state index contributed by atoms with van der Waals surface area (Å²) in [4.78, 5) is 12.8. The molecule has 1 amide bonds. The van der Waals surface area contributed by atoms with Gasteiger partial charge in [0.25, 0.3) is 10.0 Å². The fourth-order valence-corrected chi connectivity index (χ4v) is 5.11. The van der Waals surface area contributed by atoms with Crippen LogP contribution < -0.4 is 9.62 Å². The Labute approximate surface area is 150 Å². The maximum absolute atomic E-state index is 13.8. The minimum absolute atomic E-state index is 0.0108. The highest BCUT2D eigenvalue weighted by atomic mass is 32.2. The summed E-state index contributed by atoms with van der Waals surface area (Å²) in [5.74, 6) is -1.19. The molecule has 4 rings (SSSR count). The zero-order valence-electron chi connectivity index (χ0n) is 13.8.